The van der Waals surface area contributed by atoms with Gasteiger partial charge >= 0.3 is 0 Å². The first-order valence-corrected chi connectivity index (χ1v) is 8.58. The molecule has 0 saturated heterocycles. The molecule has 1 aromatic heterocycles. The standard InChI is InChI=1S/C21H24N2O2/c1-15-12-16(2)18-14-20(22-19(18)13-15)21(24)23(3)10-7-11-25-17-8-5-4-6-9-17/h4-6,8-9,12-14,22H,7,10-11H2,1-3H3. The average Bonchev–Trinajstić information content (AvgIpc) is 3.03. The summed E-state index contributed by atoms with van der Waals surface area (Å²) in [5.74, 6) is 0.867. The number of hydrogen-bond acceptors (Lipinski definition) is 2. The number of rotatable bonds is 6. The van der Waals surface area contributed by atoms with Crippen molar-refractivity contribution < 1.29 is 9.53 Å². The number of aryl methyl sites for hydroxylation is 2. The Hall–Kier alpha value is -2.75. The van der Waals surface area contributed by atoms with Gasteiger partial charge in [0, 0.05) is 24.5 Å². The summed E-state index contributed by atoms with van der Waals surface area (Å²) < 4.78 is 5.67. The van der Waals surface area contributed by atoms with Crippen LogP contribution in [0.4, 0.5) is 0 Å². The van der Waals surface area contributed by atoms with Gasteiger partial charge in [0.25, 0.3) is 5.91 Å². The summed E-state index contributed by atoms with van der Waals surface area (Å²) in [6, 6.07) is 15.9. The van der Waals surface area contributed by atoms with E-state index >= 15 is 0 Å². The van der Waals surface area contributed by atoms with Gasteiger partial charge in [-0.3, -0.25) is 4.79 Å². The van der Waals surface area contributed by atoms with E-state index in [0.29, 0.717) is 18.8 Å². The number of aromatic amines is 1. The highest BCUT2D eigenvalue weighted by atomic mass is 16.5. The Bertz CT molecular complexity index is 868. The van der Waals surface area contributed by atoms with E-state index in [1.165, 1.54) is 11.1 Å². The molecule has 4 heteroatoms. The van der Waals surface area contributed by atoms with E-state index in [9.17, 15) is 4.79 Å². The number of carbonyl (C=O) groups is 1. The summed E-state index contributed by atoms with van der Waals surface area (Å²) in [6.45, 7) is 5.38. The van der Waals surface area contributed by atoms with E-state index in [1.54, 1.807) is 4.90 Å². The van der Waals surface area contributed by atoms with Gasteiger partial charge in [-0.1, -0.05) is 24.3 Å². The molecule has 0 radical (unpaired) electrons. The molecule has 1 amide bonds. The number of carbonyl (C=O) groups excluding carboxylic acids is 1. The maximum atomic E-state index is 12.6. The van der Waals surface area contributed by atoms with Gasteiger partial charge in [-0.05, 0) is 55.7 Å². The van der Waals surface area contributed by atoms with Gasteiger partial charge in [0.2, 0.25) is 0 Å². The Morgan fingerprint density at radius 3 is 2.64 bits per heavy atom. The van der Waals surface area contributed by atoms with Crippen LogP contribution in [0.15, 0.2) is 48.5 Å². The summed E-state index contributed by atoms with van der Waals surface area (Å²) >= 11 is 0. The number of para-hydroxylation sites is 1. The number of hydrogen-bond donors (Lipinski definition) is 1. The van der Waals surface area contributed by atoms with Crippen molar-refractivity contribution in [2.75, 3.05) is 20.2 Å². The summed E-state index contributed by atoms with van der Waals surface area (Å²) in [5.41, 5.74) is 4.03. The lowest BCUT2D eigenvalue weighted by molar-refractivity contribution is 0.0783. The molecule has 0 unspecified atom stereocenters. The molecule has 130 valence electrons. The molecular weight excluding hydrogens is 312 g/mol. The number of nitrogens with zero attached hydrogens (tertiary/aromatic N) is 1. The second kappa shape index (κ2) is 7.43. The molecule has 4 nitrogen and oxygen atoms in total. The molecule has 3 rings (SSSR count). The molecule has 0 aliphatic heterocycles. The number of amides is 1. The van der Waals surface area contributed by atoms with Crippen LogP contribution in [0, 0.1) is 13.8 Å². The van der Waals surface area contributed by atoms with Crippen molar-refractivity contribution in [1.29, 1.82) is 0 Å². The number of aromatic nitrogens is 1. The minimum atomic E-state index is 0.00737. The quantitative estimate of drug-likeness (QED) is 0.681. The molecule has 0 aliphatic carbocycles. The molecule has 0 saturated carbocycles. The summed E-state index contributed by atoms with van der Waals surface area (Å²) in [5, 5.41) is 1.11. The first-order chi connectivity index (χ1) is 12.0. The van der Waals surface area contributed by atoms with Crippen molar-refractivity contribution in [2.45, 2.75) is 20.3 Å². The molecule has 2 aromatic carbocycles. The Kier molecular flexibility index (Phi) is 5.08. The zero-order valence-corrected chi connectivity index (χ0v) is 15.0. The predicted octanol–water partition coefficient (Wildman–Crippen LogP) is 4.33. The van der Waals surface area contributed by atoms with Crippen molar-refractivity contribution in [1.82, 2.24) is 9.88 Å². The Morgan fingerprint density at radius 1 is 1.12 bits per heavy atom. The maximum Gasteiger partial charge on any atom is 0.270 e. The summed E-state index contributed by atoms with van der Waals surface area (Å²) in [6.07, 6.45) is 0.787. The lowest BCUT2D eigenvalue weighted by Crippen LogP contribution is -2.28. The molecule has 0 spiro atoms. The molecule has 0 bridgehead atoms. The Labute approximate surface area is 148 Å². The van der Waals surface area contributed by atoms with Crippen LogP contribution in [0.2, 0.25) is 0 Å². The van der Waals surface area contributed by atoms with Crippen LogP contribution in [-0.4, -0.2) is 36.0 Å². The van der Waals surface area contributed by atoms with E-state index < -0.39 is 0 Å². The third kappa shape index (κ3) is 4.02. The third-order valence-electron chi connectivity index (χ3n) is 4.32. The van der Waals surface area contributed by atoms with Gasteiger partial charge in [-0.15, -0.1) is 0 Å². The first kappa shape index (κ1) is 17.1. The molecule has 1 N–H and O–H groups in total. The fraction of sp³-hybridized carbons (Fsp3) is 0.286. The number of fused-ring (bicyclic) bond motifs is 1. The van der Waals surface area contributed by atoms with Gasteiger partial charge in [0.15, 0.2) is 0 Å². The second-order valence-electron chi connectivity index (χ2n) is 6.47. The van der Waals surface area contributed by atoms with E-state index in [0.717, 1.165) is 23.1 Å². The number of benzene rings is 2. The first-order valence-electron chi connectivity index (χ1n) is 8.58. The van der Waals surface area contributed by atoms with Crippen LogP contribution in [0.1, 0.15) is 28.0 Å². The van der Waals surface area contributed by atoms with E-state index in [4.69, 9.17) is 4.74 Å². The van der Waals surface area contributed by atoms with Crippen LogP contribution < -0.4 is 4.74 Å². The third-order valence-corrected chi connectivity index (χ3v) is 4.32. The number of nitrogens with one attached hydrogen (secondary N) is 1. The molecule has 0 atom stereocenters. The Balaban J connectivity index is 1.58. The second-order valence-corrected chi connectivity index (χ2v) is 6.47. The van der Waals surface area contributed by atoms with Crippen LogP contribution in [0.25, 0.3) is 10.9 Å². The van der Waals surface area contributed by atoms with Gasteiger partial charge in [0.1, 0.15) is 11.4 Å². The van der Waals surface area contributed by atoms with Gasteiger partial charge < -0.3 is 14.6 Å². The highest BCUT2D eigenvalue weighted by molar-refractivity contribution is 5.98. The van der Waals surface area contributed by atoms with Crippen molar-refractivity contribution >= 4 is 16.8 Å². The molecule has 3 aromatic rings. The van der Waals surface area contributed by atoms with Gasteiger partial charge in [-0.2, -0.15) is 0 Å². The fourth-order valence-electron chi connectivity index (χ4n) is 3.03. The molecule has 0 aliphatic rings. The van der Waals surface area contributed by atoms with Crippen LogP contribution in [-0.2, 0) is 0 Å². The zero-order valence-electron chi connectivity index (χ0n) is 15.0. The van der Waals surface area contributed by atoms with Crippen LogP contribution in [0.3, 0.4) is 0 Å². The molecule has 0 fully saturated rings. The predicted molar refractivity (Wildman–Crippen MR) is 101 cm³/mol. The van der Waals surface area contributed by atoms with E-state index in [-0.39, 0.29) is 5.91 Å². The molecular formula is C21H24N2O2. The summed E-state index contributed by atoms with van der Waals surface area (Å²) in [4.78, 5) is 17.6. The molecule has 1 heterocycles. The van der Waals surface area contributed by atoms with Gasteiger partial charge in [-0.25, -0.2) is 0 Å². The van der Waals surface area contributed by atoms with Crippen molar-refractivity contribution in [2.24, 2.45) is 0 Å². The van der Waals surface area contributed by atoms with Crippen LogP contribution >= 0.6 is 0 Å². The Morgan fingerprint density at radius 2 is 1.88 bits per heavy atom. The summed E-state index contributed by atoms with van der Waals surface area (Å²) in [7, 11) is 1.83. The van der Waals surface area contributed by atoms with E-state index in [2.05, 4.69) is 31.0 Å². The maximum absolute atomic E-state index is 12.6. The van der Waals surface area contributed by atoms with Gasteiger partial charge in [0.05, 0.1) is 6.61 Å². The highest BCUT2D eigenvalue weighted by Crippen LogP contribution is 2.22. The lowest BCUT2D eigenvalue weighted by Gasteiger charge is -2.16. The number of H-pyrrole nitrogens is 1. The minimum Gasteiger partial charge on any atom is -0.494 e. The normalized spacial score (nSPS) is 10.8. The molecule has 25 heavy (non-hydrogen) atoms. The lowest BCUT2D eigenvalue weighted by atomic mass is 10.1. The topological polar surface area (TPSA) is 45.3 Å². The SMILES string of the molecule is Cc1cc(C)c2cc(C(=O)N(C)CCCOc3ccccc3)[nH]c2c1. The van der Waals surface area contributed by atoms with Crippen LogP contribution in [0.5, 0.6) is 5.75 Å². The fourth-order valence-corrected chi connectivity index (χ4v) is 3.03. The van der Waals surface area contributed by atoms with Crippen molar-refractivity contribution in [3.63, 3.8) is 0 Å². The minimum absolute atomic E-state index is 0.00737. The van der Waals surface area contributed by atoms with E-state index in [1.807, 2.05) is 43.4 Å². The largest absolute Gasteiger partial charge is 0.494 e. The zero-order chi connectivity index (χ0) is 17.8. The monoisotopic (exact) mass is 336 g/mol. The average molecular weight is 336 g/mol. The van der Waals surface area contributed by atoms with Crippen molar-refractivity contribution in [3.8, 4) is 5.75 Å². The highest BCUT2D eigenvalue weighted by Gasteiger charge is 2.15. The van der Waals surface area contributed by atoms with Crippen molar-refractivity contribution in [3.05, 3.63) is 65.4 Å². The smallest absolute Gasteiger partial charge is 0.270 e. The number of ether oxygens (including phenoxy) is 1.